The molecule has 1 atom stereocenters. The van der Waals surface area contributed by atoms with E-state index >= 15 is 0 Å². The van der Waals surface area contributed by atoms with E-state index in [2.05, 4.69) is 0 Å². The molecule has 0 bridgehead atoms. The smallest absolute Gasteiger partial charge is 0.347 e. The monoisotopic (exact) mass is 236 g/mol. The maximum absolute atomic E-state index is 12.1. The summed E-state index contributed by atoms with van der Waals surface area (Å²) in [6.45, 7) is 3.99. The van der Waals surface area contributed by atoms with Crippen LogP contribution >= 0.6 is 0 Å². The van der Waals surface area contributed by atoms with Crippen molar-refractivity contribution in [3.8, 4) is 0 Å². The molecule has 1 aromatic rings. The van der Waals surface area contributed by atoms with Crippen LogP contribution in [0.25, 0.3) is 0 Å². The van der Waals surface area contributed by atoms with Crippen LogP contribution in [0.15, 0.2) is 39.6 Å². The molecule has 0 fully saturated rings. The summed E-state index contributed by atoms with van der Waals surface area (Å²) >= 11 is 0. The largest absolute Gasteiger partial charge is 0.457 e. The topological polar surface area (TPSA) is 43.4 Å². The van der Waals surface area contributed by atoms with E-state index < -0.39 is 16.8 Å². The van der Waals surface area contributed by atoms with Crippen LogP contribution in [0.3, 0.4) is 0 Å². The Morgan fingerprint density at radius 2 is 1.81 bits per heavy atom. The molecule has 0 aliphatic carbocycles. The molecule has 0 saturated carbocycles. The van der Waals surface area contributed by atoms with Gasteiger partial charge in [-0.2, -0.15) is 0 Å². The van der Waals surface area contributed by atoms with Crippen LogP contribution in [0.4, 0.5) is 0 Å². The molecule has 0 aromatic heterocycles. The first-order valence-electron chi connectivity index (χ1n) is 4.95. The fraction of sp³-hybridized carbons (Fsp3) is 0.250. The number of hydrogen-bond donors (Lipinski definition) is 0. The summed E-state index contributed by atoms with van der Waals surface area (Å²) in [6, 6.07) is 7.31. The summed E-state index contributed by atoms with van der Waals surface area (Å²) in [6.07, 6.45) is 0. The van der Waals surface area contributed by atoms with Crippen LogP contribution in [0.2, 0.25) is 0 Å². The fourth-order valence-electron chi connectivity index (χ4n) is 1.49. The second-order valence-electron chi connectivity index (χ2n) is 3.77. The summed E-state index contributed by atoms with van der Waals surface area (Å²) in [4.78, 5) is 12.3. The Morgan fingerprint density at radius 1 is 1.19 bits per heavy atom. The number of rotatable bonds is 2. The summed E-state index contributed by atoms with van der Waals surface area (Å²) < 4.78 is 17.0. The number of carbonyl (C=O) groups excluding carboxylic acids is 1. The first-order valence-corrected chi connectivity index (χ1v) is 6.10. The average molecular weight is 236 g/mol. The predicted molar refractivity (Wildman–Crippen MR) is 61.2 cm³/mol. The van der Waals surface area contributed by atoms with Crippen molar-refractivity contribution in [3.63, 3.8) is 0 Å². The summed E-state index contributed by atoms with van der Waals surface area (Å²) in [5.41, 5.74) is 1.85. The molecule has 4 heteroatoms. The van der Waals surface area contributed by atoms with Crippen molar-refractivity contribution >= 4 is 16.8 Å². The minimum absolute atomic E-state index is 0.256. The third kappa shape index (κ3) is 1.93. The molecule has 84 valence electrons. The van der Waals surface area contributed by atoms with Crippen LogP contribution in [0.1, 0.15) is 12.5 Å². The van der Waals surface area contributed by atoms with Gasteiger partial charge in [-0.05, 0) is 31.6 Å². The molecule has 1 aliphatic rings. The van der Waals surface area contributed by atoms with E-state index in [0.29, 0.717) is 9.80 Å². The van der Waals surface area contributed by atoms with Crippen molar-refractivity contribution in [3.05, 3.63) is 40.3 Å². The van der Waals surface area contributed by atoms with Gasteiger partial charge in [0.05, 0.1) is 10.8 Å². The van der Waals surface area contributed by atoms with E-state index in [9.17, 15) is 9.00 Å². The fourth-order valence-corrected chi connectivity index (χ4v) is 2.70. The number of esters is 1. The Bertz CT molecular complexity index is 485. The van der Waals surface area contributed by atoms with E-state index in [-0.39, 0.29) is 6.61 Å². The molecule has 0 unspecified atom stereocenters. The van der Waals surface area contributed by atoms with Gasteiger partial charge in [0.1, 0.15) is 11.5 Å². The van der Waals surface area contributed by atoms with Gasteiger partial charge in [-0.3, -0.25) is 0 Å². The maximum atomic E-state index is 12.1. The predicted octanol–water partition coefficient (Wildman–Crippen LogP) is 1.93. The number of hydrogen-bond acceptors (Lipinski definition) is 3. The minimum atomic E-state index is -1.42. The average Bonchev–Trinajstić information content (AvgIpc) is 2.59. The standard InChI is InChI=1S/C12H12O3S/c1-8-3-5-10(6-4-8)16(14)11-9(2)7-15-12(11)13/h3-6H,7H2,1-2H3/t16-/m0/s1. The third-order valence-corrected chi connectivity index (χ3v) is 4.00. The third-order valence-electron chi connectivity index (χ3n) is 2.41. The summed E-state index contributed by atoms with van der Waals surface area (Å²) in [5.74, 6) is -0.462. The van der Waals surface area contributed by atoms with Gasteiger partial charge in [-0.15, -0.1) is 0 Å². The van der Waals surface area contributed by atoms with E-state index in [1.807, 2.05) is 19.1 Å². The van der Waals surface area contributed by atoms with Gasteiger partial charge in [0, 0.05) is 4.90 Å². The minimum Gasteiger partial charge on any atom is -0.457 e. The molecule has 1 aromatic carbocycles. The molecule has 1 heterocycles. The van der Waals surface area contributed by atoms with Crippen LogP contribution in [0, 0.1) is 6.92 Å². The lowest BCUT2D eigenvalue weighted by molar-refractivity contribution is -0.135. The van der Waals surface area contributed by atoms with Crippen molar-refractivity contribution in [2.24, 2.45) is 0 Å². The van der Waals surface area contributed by atoms with Crippen molar-refractivity contribution in [1.29, 1.82) is 0 Å². The Kier molecular flexibility index (Phi) is 2.92. The van der Waals surface area contributed by atoms with Gasteiger partial charge >= 0.3 is 5.97 Å². The highest BCUT2D eigenvalue weighted by Gasteiger charge is 2.28. The van der Waals surface area contributed by atoms with Gasteiger partial charge < -0.3 is 4.74 Å². The quantitative estimate of drug-likeness (QED) is 0.737. The molecule has 1 aliphatic heterocycles. The highest BCUT2D eigenvalue weighted by Crippen LogP contribution is 2.23. The molecular weight excluding hydrogens is 224 g/mol. The van der Waals surface area contributed by atoms with Gasteiger partial charge in [-0.1, -0.05) is 17.7 Å². The van der Waals surface area contributed by atoms with Crippen LogP contribution < -0.4 is 0 Å². The zero-order valence-corrected chi connectivity index (χ0v) is 9.97. The van der Waals surface area contributed by atoms with Crippen molar-refractivity contribution in [2.75, 3.05) is 6.61 Å². The lowest BCUT2D eigenvalue weighted by Gasteiger charge is -2.02. The number of aryl methyl sites for hydroxylation is 1. The van der Waals surface area contributed by atoms with E-state index in [0.717, 1.165) is 11.1 Å². The van der Waals surface area contributed by atoms with Gasteiger partial charge in [-0.25, -0.2) is 9.00 Å². The first-order chi connectivity index (χ1) is 7.59. The summed E-state index contributed by atoms with van der Waals surface area (Å²) in [7, 11) is -1.42. The zero-order chi connectivity index (χ0) is 11.7. The molecule has 0 saturated heterocycles. The lowest BCUT2D eigenvalue weighted by Crippen LogP contribution is -2.05. The van der Waals surface area contributed by atoms with Crippen molar-refractivity contribution in [2.45, 2.75) is 18.7 Å². The van der Waals surface area contributed by atoms with E-state index in [1.54, 1.807) is 19.1 Å². The molecule has 2 rings (SSSR count). The van der Waals surface area contributed by atoms with Crippen LogP contribution in [-0.2, 0) is 20.3 Å². The van der Waals surface area contributed by atoms with Gasteiger partial charge in [0.15, 0.2) is 0 Å². The highest BCUT2D eigenvalue weighted by molar-refractivity contribution is 7.90. The Hall–Kier alpha value is -1.42. The van der Waals surface area contributed by atoms with Crippen LogP contribution in [-0.4, -0.2) is 16.8 Å². The molecular formula is C12H12O3S. The molecule has 0 spiro atoms. The Labute approximate surface area is 96.6 Å². The van der Waals surface area contributed by atoms with Crippen LogP contribution in [0.5, 0.6) is 0 Å². The summed E-state index contributed by atoms with van der Waals surface area (Å²) in [5, 5.41) is 0. The Morgan fingerprint density at radius 3 is 2.31 bits per heavy atom. The lowest BCUT2D eigenvalue weighted by atomic mass is 10.2. The molecule has 0 amide bonds. The van der Waals surface area contributed by atoms with E-state index in [4.69, 9.17) is 4.74 Å². The van der Waals surface area contributed by atoms with E-state index in [1.165, 1.54) is 0 Å². The second-order valence-corrected chi connectivity index (χ2v) is 5.18. The van der Waals surface area contributed by atoms with Crippen molar-refractivity contribution < 1.29 is 13.7 Å². The number of cyclic esters (lactones) is 1. The molecule has 16 heavy (non-hydrogen) atoms. The first kappa shape index (κ1) is 11.1. The number of benzene rings is 1. The second kappa shape index (κ2) is 4.22. The number of carbonyl (C=O) groups is 1. The Balaban J connectivity index is 2.36. The number of ether oxygens (including phenoxy) is 1. The normalized spacial score (nSPS) is 17.5. The molecule has 0 N–H and O–H groups in total. The SMILES string of the molecule is CC1=C([S@@](=O)c2ccc(C)cc2)C(=O)OC1. The molecule has 0 radical (unpaired) electrons. The van der Waals surface area contributed by atoms with Crippen molar-refractivity contribution in [1.82, 2.24) is 0 Å². The highest BCUT2D eigenvalue weighted by atomic mass is 32.2. The van der Waals surface area contributed by atoms with Gasteiger partial charge in [0.2, 0.25) is 0 Å². The molecule has 3 nitrogen and oxygen atoms in total. The zero-order valence-electron chi connectivity index (χ0n) is 9.15. The maximum Gasteiger partial charge on any atom is 0.347 e. The van der Waals surface area contributed by atoms with Gasteiger partial charge in [0.25, 0.3) is 0 Å².